The highest BCUT2D eigenvalue weighted by atomic mass is 19.1. The molecule has 0 radical (unpaired) electrons. The summed E-state index contributed by atoms with van der Waals surface area (Å²) in [7, 11) is 0. The number of fused-ring (bicyclic) bond motifs is 3. The van der Waals surface area contributed by atoms with Crippen LogP contribution in [0.4, 0.5) is 4.39 Å². The summed E-state index contributed by atoms with van der Waals surface area (Å²) in [6, 6.07) is 27.5. The van der Waals surface area contributed by atoms with Gasteiger partial charge in [0.15, 0.2) is 6.23 Å². The van der Waals surface area contributed by atoms with Crippen LogP contribution in [0.1, 0.15) is 41.7 Å². The highest BCUT2D eigenvalue weighted by Gasteiger charge is 2.44. The highest BCUT2D eigenvalue weighted by Crippen LogP contribution is 2.41. The summed E-state index contributed by atoms with van der Waals surface area (Å²) in [5, 5.41) is 10.9. The van der Waals surface area contributed by atoms with Crippen LogP contribution in [-0.2, 0) is 0 Å². The summed E-state index contributed by atoms with van der Waals surface area (Å²) in [4.78, 5) is 7.29. The van der Waals surface area contributed by atoms with Gasteiger partial charge < -0.3 is 5.11 Å². The Balaban J connectivity index is 1.61. The van der Waals surface area contributed by atoms with Crippen LogP contribution in [0.25, 0.3) is 0 Å². The molecule has 2 atom stereocenters. The van der Waals surface area contributed by atoms with Gasteiger partial charge in [-0.1, -0.05) is 78.9 Å². The Hall–Kier alpha value is -2.82. The maximum atomic E-state index is 14.3. The van der Waals surface area contributed by atoms with Crippen molar-refractivity contribution in [3.8, 4) is 0 Å². The minimum atomic E-state index is -1.19. The van der Waals surface area contributed by atoms with Gasteiger partial charge in [0.1, 0.15) is 5.82 Å². The number of nitrogens with zero attached hydrogens (tertiary/aromatic N) is 2. The van der Waals surface area contributed by atoms with E-state index in [0.717, 1.165) is 31.6 Å². The summed E-state index contributed by atoms with van der Waals surface area (Å²) in [6.45, 7) is 2.06. The van der Waals surface area contributed by atoms with Crippen LogP contribution in [0.2, 0.25) is 0 Å². The number of halogens is 1. The minimum absolute atomic E-state index is 0.0544. The topological polar surface area (TPSA) is 35.8 Å². The molecule has 158 valence electrons. The fraction of sp³-hybridized carbons (Fsp3) is 0.296. The molecule has 1 N–H and O–H groups in total. The minimum Gasteiger partial charge on any atom is -0.368 e. The molecule has 3 heterocycles. The molecular weight excluding hydrogens is 387 g/mol. The first-order valence-corrected chi connectivity index (χ1v) is 11.1. The molecule has 0 amide bonds. The fourth-order valence-electron chi connectivity index (χ4n) is 5.24. The molecule has 3 aromatic carbocycles. The predicted molar refractivity (Wildman–Crippen MR) is 122 cm³/mol. The third-order valence-corrected chi connectivity index (χ3v) is 6.73. The van der Waals surface area contributed by atoms with E-state index in [2.05, 4.69) is 53.4 Å². The molecule has 2 unspecified atom stereocenters. The van der Waals surface area contributed by atoms with E-state index in [1.54, 1.807) is 18.2 Å². The Morgan fingerprint density at radius 3 is 1.94 bits per heavy atom. The number of hydrogen-bond donors (Lipinski definition) is 1. The maximum absolute atomic E-state index is 14.3. The van der Waals surface area contributed by atoms with E-state index in [9.17, 15) is 9.50 Å². The Morgan fingerprint density at radius 1 is 0.806 bits per heavy atom. The monoisotopic (exact) mass is 414 g/mol. The Bertz CT molecular complexity index is 1010. The molecule has 3 aliphatic rings. The standard InChI is InChI=1S/C27H27FN2O/c28-23-14-8-7-13-22(23)27(31)29-25-21-15-17-30(18-16-21)26(25)24(19-9-3-1-4-10-19)20-11-5-2-6-12-20/h1-14,21,24,26-27,31H,15-18H2. The van der Waals surface area contributed by atoms with Gasteiger partial charge in [-0.2, -0.15) is 0 Å². The van der Waals surface area contributed by atoms with E-state index >= 15 is 0 Å². The average molecular weight is 415 g/mol. The van der Waals surface area contributed by atoms with E-state index < -0.39 is 12.0 Å². The van der Waals surface area contributed by atoms with Crippen molar-refractivity contribution in [1.82, 2.24) is 4.90 Å². The molecule has 6 rings (SSSR count). The molecule has 0 aliphatic carbocycles. The van der Waals surface area contributed by atoms with Gasteiger partial charge in [0, 0.05) is 23.1 Å². The van der Waals surface area contributed by atoms with E-state index in [1.165, 1.54) is 17.2 Å². The molecule has 3 nitrogen and oxygen atoms in total. The smallest absolute Gasteiger partial charge is 0.174 e. The molecule has 31 heavy (non-hydrogen) atoms. The largest absolute Gasteiger partial charge is 0.368 e. The third kappa shape index (κ3) is 3.93. The number of hydrogen-bond acceptors (Lipinski definition) is 3. The van der Waals surface area contributed by atoms with Crippen LogP contribution < -0.4 is 0 Å². The summed E-state index contributed by atoms with van der Waals surface area (Å²) < 4.78 is 14.3. The second kappa shape index (κ2) is 8.74. The number of aliphatic hydroxyl groups is 1. The zero-order valence-electron chi connectivity index (χ0n) is 17.4. The van der Waals surface area contributed by atoms with Crippen molar-refractivity contribution in [2.45, 2.75) is 31.0 Å². The molecule has 4 heteroatoms. The molecule has 3 aromatic rings. The van der Waals surface area contributed by atoms with Gasteiger partial charge in [-0.3, -0.25) is 9.89 Å². The van der Waals surface area contributed by atoms with Gasteiger partial charge in [-0.05, 0) is 43.1 Å². The SMILES string of the molecule is OC(N=C1C2CCN(CC2)C1C(c1ccccc1)c1ccccc1)c1ccccc1F. The molecule has 3 fully saturated rings. The Labute approximate surface area is 182 Å². The summed E-state index contributed by atoms with van der Waals surface area (Å²) in [6.07, 6.45) is 0.886. The second-order valence-electron chi connectivity index (χ2n) is 8.50. The first-order valence-electron chi connectivity index (χ1n) is 11.1. The van der Waals surface area contributed by atoms with E-state index in [-0.39, 0.29) is 17.5 Å². The molecular formula is C27H27FN2O. The van der Waals surface area contributed by atoms with Crippen molar-refractivity contribution >= 4 is 5.71 Å². The Kier molecular flexibility index (Phi) is 5.66. The number of aliphatic hydroxyl groups excluding tert-OH is 1. The van der Waals surface area contributed by atoms with Gasteiger partial charge in [-0.15, -0.1) is 0 Å². The molecule has 0 spiro atoms. The first kappa shape index (κ1) is 20.1. The van der Waals surface area contributed by atoms with Gasteiger partial charge in [0.25, 0.3) is 0 Å². The molecule has 2 bridgehead atoms. The lowest BCUT2D eigenvalue weighted by molar-refractivity contribution is 0.128. The van der Waals surface area contributed by atoms with Gasteiger partial charge in [0.05, 0.1) is 6.04 Å². The van der Waals surface area contributed by atoms with E-state index in [0.29, 0.717) is 5.92 Å². The highest BCUT2D eigenvalue weighted by molar-refractivity contribution is 5.94. The molecule has 0 saturated carbocycles. The zero-order chi connectivity index (χ0) is 21.2. The first-order chi connectivity index (χ1) is 15.2. The summed E-state index contributed by atoms with van der Waals surface area (Å²) in [5.41, 5.74) is 3.71. The predicted octanol–water partition coefficient (Wildman–Crippen LogP) is 5.18. The van der Waals surface area contributed by atoms with Gasteiger partial charge in [-0.25, -0.2) is 4.39 Å². The van der Waals surface area contributed by atoms with Gasteiger partial charge >= 0.3 is 0 Å². The quantitative estimate of drug-likeness (QED) is 0.624. The second-order valence-corrected chi connectivity index (χ2v) is 8.50. The molecule has 0 aromatic heterocycles. The van der Waals surface area contributed by atoms with Crippen LogP contribution >= 0.6 is 0 Å². The number of piperidine rings is 3. The van der Waals surface area contributed by atoms with Crippen molar-refractivity contribution in [3.05, 3.63) is 107 Å². The van der Waals surface area contributed by atoms with Gasteiger partial charge in [0.2, 0.25) is 0 Å². The Morgan fingerprint density at radius 2 is 1.35 bits per heavy atom. The van der Waals surface area contributed by atoms with Crippen molar-refractivity contribution in [3.63, 3.8) is 0 Å². The van der Waals surface area contributed by atoms with E-state index in [1.807, 2.05) is 12.1 Å². The summed E-state index contributed by atoms with van der Waals surface area (Å²) in [5.74, 6) is 0.0169. The van der Waals surface area contributed by atoms with Crippen molar-refractivity contribution < 1.29 is 9.50 Å². The summed E-state index contributed by atoms with van der Waals surface area (Å²) >= 11 is 0. The van der Waals surface area contributed by atoms with Crippen LogP contribution in [0, 0.1) is 11.7 Å². The van der Waals surface area contributed by atoms with Crippen LogP contribution in [0.3, 0.4) is 0 Å². The molecule has 3 aliphatic heterocycles. The lowest BCUT2D eigenvalue weighted by Gasteiger charge is -2.50. The van der Waals surface area contributed by atoms with Crippen molar-refractivity contribution in [2.24, 2.45) is 10.9 Å². The lowest BCUT2D eigenvalue weighted by Crippen LogP contribution is -2.58. The normalized spacial score (nSPS) is 25.1. The number of aliphatic imine (C=N–C) groups is 1. The average Bonchev–Trinajstić information content (AvgIpc) is 2.83. The molecule has 3 saturated heterocycles. The van der Waals surface area contributed by atoms with Crippen molar-refractivity contribution in [1.29, 1.82) is 0 Å². The van der Waals surface area contributed by atoms with E-state index in [4.69, 9.17) is 4.99 Å². The fourth-order valence-corrected chi connectivity index (χ4v) is 5.24. The number of rotatable bonds is 5. The van der Waals surface area contributed by atoms with Crippen LogP contribution in [0.15, 0.2) is 89.9 Å². The lowest BCUT2D eigenvalue weighted by atomic mass is 9.72. The third-order valence-electron chi connectivity index (χ3n) is 6.73. The van der Waals surface area contributed by atoms with Crippen LogP contribution in [0.5, 0.6) is 0 Å². The van der Waals surface area contributed by atoms with Crippen molar-refractivity contribution in [2.75, 3.05) is 13.1 Å². The maximum Gasteiger partial charge on any atom is 0.174 e. The number of benzene rings is 3. The van der Waals surface area contributed by atoms with Crippen LogP contribution in [-0.4, -0.2) is 34.8 Å². The zero-order valence-corrected chi connectivity index (χ0v) is 17.4.